The van der Waals surface area contributed by atoms with Crippen LogP contribution in [-0.2, 0) is 17.1 Å². The maximum atomic E-state index is 12.1. The predicted octanol–water partition coefficient (Wildman–Crippen LogP) is 3.99. The minimum atomic E-state index is -0.431. The van der Waals surface area contributed by atoms with Crippen molar-refractivity contribution in [2.75, 3.05) is 5.32 Å². The van der Waals surface area contributed by atoms with Gasteiger partial charge in [0.05, 0.1) is 6.54 Å². The van der Waals surface area contributed by atoms with Gasteiger partial charge in [-0.2, -0.15) is 0 Å². The van der Waals surface area contributed by atoms with Gasteiger partial charge in [-0.15, -0.1) is 10.2 Å². The average molecular weight is 420 g/mol. The third-order valence-corrected chi connectivity index (χ3v) is 5.61. The number of thioether (sulfide) groups is 1. The lowest BCUT2D eigenvalue weighted by atomic mass is 10.1. The Bertz CT molecular complexity index is 1260. The van der Waals surface area contributed by atoms with E-state index >= 15 is 0 Å². The first-order chi connectivity index (χ1) is 14.5. The summed E-state index contributed by atoms with van der Waals surface area (Å²) in [7, 11) is 0. The van der Waals surface area contributed by atoms with Crippen LogP contribution in [0.1, 0.15) is 23.9 Å². The topological polar surface area (TPSA) is 90.0 Å². The van der Waals surface area contributed by atoms with Crippen LogP contribution in [0, 0.1) is 6.92 Å². The van der Waals surface area contributed by atoms with Crippen molar-refractivity contribution < 1.29 is 9.21 Å². The second kappa shape index (κ2) is 8.54. The van der Waals surface area contributed by atoms with Gasteiger partial charge < -0.3 is 14.3 Å². The van der Waals surface area contributed by atoms with Crippen molar-refractivity contribution in [1.82, 2.24) is 14.8 Å². The molecule has 1 N–H and O–H groups in total. The normalized spacial score (nSPS) is 11.0. The van der Waals surface area contributed by atoms with Gasteiger partial charge in [-0.05, 0) is 30.2 Å². The predicted molar refractivity (Wildman–Crippen MR) is 117 cm³/mol. The fraction of sp³-hybridized carbons (Fsp3) is 0.182. The molecule has 2 aromatic carbocycles. The average Bonchev–Trinajstić information content (AvgIpc) is 3.05. The van der Waals surface area contributed by atoms with Crippen molar-refractivity contribution in [2.24, 2.45) is 0 Å². The van der Waals surface area contributed by atoms with Crippen LogP contribution in [0.15, 0.2) is 69.0 Å². The second-order valence-electron chi connectivity index (χ2n) is 6.87. The van der Waals surface area contributed by atoms with Gasteiger partial charge >= 0.3 is 5.63 Å². The first-order valence-corrected chi connectivity index (χ1v) is 10.4. The number of aryl methyl sites for hydroxylation is 1. The highest BCUT2D eigenvalue weighted by Crippen LogP contribution is 2.28. The molecule has 152 valence electrons. The summed E-state index contributed by atoms with van der Waals surface area (Å²) in [6.07, 6.45) is 0. The molecule has 4 aromatic rings. The first-order valence-electron chi connectivity index (χ1n) is 9.40. The SMILES string of the molecule is CC(=O)Nc1ccc2c(CSc3nnc(C)n3Cc3ccccc3)cc(=O)oc2c1. The van der Waals surface area contributed by atoms with Gasteiger partial charge in [0.1, 0.15) is 11.4 Å². The van der Waals surface area contributed by atoms with E-state index in [0.717, 1.165) is 21.9 Å². The number of benzene rings is 2. The number of rotatable bonds is 6. The van der Waals surface area contributed by atoms with E-state index in [1.54, 1.807) is 12.1 Å². The second-order valence-corrected chi connectivity index (χ2v) is 7.82. The number of hydrogen-bond donors (Lipinski definition) is 1. The van der Waals surface area contributed by atoms with Crippen LogP contribution < -0.4 is 10.9 Å². The van der Waals surface area contributed by atoms with Crippen molar-refractivity contribution in [1.29, 1.82) is 0 Å². The van der Waals surface area contributed by atoms with Crippen LogP contribution in [-0.4, -0.2) is 20.7 Å². The molecule has 0 saturated carbocycles. The Kier molecular flexibility index (Phi) is 5.67. The maximum Gasteiger partial charge on any atom is 0.336 e. The maximum absolute atomic E-state index is 12.1. The number of aromatic nitrogens is 3. The Morgan fingerprint density at radius 1 is 1.13 bits per heavy atom. The number of carbonyl (C=O) groups excluding carboxylic acids is 1. The molecular weight excluding hydrogens is 400 g/mol. The molecule has 8 heteroatoms. The van der Waals surface area contributed by atoms with Gasteiger partial charge in [-0.3, -0.25) is 4.79 Å². The molecule has 30 heavy (non-hydrogen) atoms. The molecule has 7 nitrogen and oxygen atoms in total. The fourth-order valence-electron chi connectivity index (χ4n) is 3.19. The van der Waals surface area contributed by atoms with Gasteiger partial charge in [-0.25, -0.2) is 4.79 Å². The summed E-state index contributed by atoms with van der Waals surface area (Å²) < 4.78 is 7.39. The third kappa shape index (κ3) is 4.44. The van der Waals surface area contributed by atoms with Crippen molar-refractivity contribution in [3.63, 3.8) is 0 Å². The summed E-state index contributed by atoms with van der Waals surface area (Å²) in [5.41, 5.74) is 2.60. The number of anilines is 1. The number of fused-ring (bicyclic) bond motifs is 1. The molecule has 0 spiro atoms. The molecule has 0 unspecified atom stereocenters. The van der Waals surface area contributed by atoms with E-state index in [1.165, 1.54) is 30.3 Å². The first kappa shape index (κ1) is 19.9. The monoisotopic (exact) mass is 420 g/mol. The highest BCUT2D eigenvalue weighted by atomic mass is 32.2. The molecule has 0 bridgehead atoms. The van der Waals surface area contributed by atoms with Crippen molar-refractivity contribution in [3.8, 4) is 0 Å². The smallest absolute Gasteiger partial charge is 0.336 e. The van der Waals surface area contributed by atoms with Crippen molar-refractivity contribution in [2.45, 2.75) is 31.3 Å². The molecule has 0 aliphatic heterocycles. The van der Waals surface area contributed by atoms with Gasteiger partial charge in [0.25, 0.3) is 0 Å². The van der Waals surface area contributed by atoms with Crippen molar-refractivity contribution >= 4 is 34.3 Å². The molecule has 0 aliphatic carbocycles. The van der Waals surface area contributed by atoms with Crippen molar-refractivity contribution in [3.05, 3.63) is 82.0 Å². The van der Waals surface area contributed by atoms with E-state index in [9.17, 15) is 9.59 Å². The van der Waals surface area contributed by atoms with E-state index in [0.29, 0.717) is 23.6 Å². The van der Waals surface area contributed by atoms with Crippen LogP contribution in [0.25, 0.3) is 11.0 Å². The highest BCUT2D eigenvalue weighted by Gasteiger charge is 2.13. The summed E-state index contributed by atoms with van der Waals surface area (Å²) in [5.74, 6) is 1.18. The van der Waals surface area contributed by atoms with E-state index < -0.39 is 5.63 Å². The summed E-state index contributed by atoms with van der Waals surface area (Å²) in [4.78, 5) is 23.4. The van der Waals surface area contributed by atoms with Crippen LogP contribution >= 0.6 is 11.8 Å². The van der Waals surface area contributed by atoms with Gasteiger partial charge in [0, 0.05) is 35.9 Å². The van der Waals surface area contributed by atoms with Gasteiger partial charge in [-0.1, -0.05) is 42.1 Å². The third-order valence-electron chi connectivity index (χ3n) is 4.59. The summed E-state index contributed by atoms with van der Waals surface area (Å²) in [5, 5.41) is 12.8. The molecule has 1 amide bonds. The minimum absolute atomic E-state index is 0.184. The van der Waals surface area contributed by atoms with Crippen LogP contribution in [0.3, 0.4) is 0 Å². The Balaban J connectivity index is 1.60. The lowest BCUT2D eigenvalue weighted by Crippen LogP contribution is -2.06. The molecule has 0 atom stereocenters. The van der Waals surface area contributed by atoms with Gasteiger partial charge in [0.15, 0.2) is 5.16 Å². The molecule has 4 rings (SSSR count). The Hall–Kier alpha value is -3.39. The van der Waals surface area contributed by atoms with Crippen LogP contribution in [0.4, 0.5) is 5.69 Å². The molecule has 0 aliphatic rings. The van der Waals surface area contributed by atoms with Crippen LogP contribution in [0.2, 0.25) is 0 Å². The van der Waals surface area contributed by atoms with E-state index in [2.05, 4.69) is 32.2 Å². The molecule has 0 fully saturated rings. The molecular formula is C22H20N4O3S. The number of nitrogens with one attached hydrogen (secondary N) is 1. The Morgan fingerprint density at radius 3 is 2.70 bits per heavy atom. The number of nitrogens with zero attached hydrogens (tertiary/aromatic N) is 3. The Labute approximate surface area is 177 Å². The van der Waals surface area contributed by atoms with E-state index in [-0.39, 0.29) is 5.91 Å². The Morgan fingerprint density at radius 2 is 1.93 bits per heavy atom. The fourth-order valence-corrected chi connectivity index (χ4v) is 4.16. The lowest BCUT2D eigenvalue weighted by molar-refractivity contribution is -0.114. The number of carbonyl (C=O) groups is 1. The van der Waals surface area contributed by atoms with Crippen LogP contribution in [0.5, 0.6) is 0 Å². The lowest BCUT2D eigenvalue weighted by Gasteiger charge is -2.10. The minimum Gasteiger partial charge on any atom is -0.423 e. The molecule has 2 aromatic heterocycles. The van der Waals surface area contributed by atoms with Gasteiger partial charge in [0.2, 0.25) is 5.91 Å². The standard InChI is InChI=1S/C22H20N4O3S/c1-14-24-25-22(26(14)12-16-6-4-3-5-7-16)30-13-17-10-21(28)29-20-11-18(23-15(2)27)8-9-19(17)20/h3-11H,12-13H2,1-2H3,(H,23,27). The zero-order valence-corrected chi connectivity index (χ0v) is 17.4. The number of hydrogen-bond acceptors (Lipinski definition) is 6. The molecule has 0 radical (unpaired) electrons. The highest BCUT2D eigenvalue weighted by molar-refractivity contribution is 7.98. The molecule has 0 saturated heterocycles. The number of amides is 1. The quantitative estimate of drug-likeness (QED) is 0.375. The summed E-state index contributed by atoms with van der Waals surface area (Å²) in [6.45, 7) is 4.04. The molecule has 2 heterocycles. The van der Waals surface area contributed by atoms with E-state index in [4.69, 9.17) is 4.42 Å². The summed E-state index contributed by atoms with van der Waals surface area (Å²) >= 11 is 1.52. The van der Waals surface area contributed by atoms with E-state index in [1.807, 2.05) is 31.2 Å². The largest absolute Gasteiger partial charge is 0.423 e. The zero-order chi connectivity index (χ0) is 21.1. The zero-order valence-electron chi connectivity index (χ0n) is 16.6. The summed E-state index contributed by atoms with van der Waals surface area (Å²) in [6, 6.07) is 16.9.